The molecule has 1 aliphatic heterocycles. The normalized spacial score (nSPS) is 18.1. The molecule has 1 fully saturated rings. The van der Waals surface area contributed by atoms with Crippen LogP contribution in [0.4, 0.5) is 5.82 Å². The topological polar surface area (TPSA) is 92.0 Å². The van der Waals surface area contributed by atoms with Crippen molar-refractivity contribution in [1.29, 1.82) is 0 Å². The average molecular weight is 367 g/mol. The molecule has 0 aromatic carbocycles. The molecule has 142 valence electrons. The van der Waals surface area contributed by atoms with Crippen molar-refractivity contribution < 1.29 is 5.11 Å². The van der Waals surface area contributed by atoms with Crippen LogP contribution in [-0.2, 0) is 7.05 Å². The molecule has 8 heteroatoms. The van der Waals surface area contributed by atoms with E-state index in [1.807, 2.05) is 19.2 Å². The lowest BCUT2D eigenvalue weighted by Crippen LogP contribution is -2.44. The van der Waals surface area contributed by atoms with Gasteiger partial charge >= 0.3 is 0 Å². The second-order valence-corrected chi connectivity index (χ2v) is 6.93. The minimum Gasteiger partial charge on any atom is -0.395 e. The first-order valence-corrected chi connectivity index (χ1v) is 9.45. The number of hydrogen-bond donors (Lipinski definition) is 2. The van der Waals surface area contributed by atoms with E-state index in [1.54, 1.807) is 23.3 Å². The van der Waals surface area contributed by atoms with E-state index in [0.717, 1.165) is 48.5 Å². The lowest BCUT2D eigenvalue weighted by molar-refractivity contribution is 0.0940. The van der Waals surface area contributed by atoms with Crippen molar-refractivity contribution in [3.8, 4) is 11.4 Å². The maximum absolute atomic E-state index is 9.59. The molecule has 1 saturated heterocycles. The van der Waals surface area contributed by atoms with E-state index < -0.39 is 0 Å². The maximum Gasteiger partial charge on any atom is 0.164 e. The van der Waals surface area contributed by atoms with Crippen LogP contribution in [0.15, 0.2) is 30.7 Å². The summed E-state index contributed by atoms with van der Waals surface area (Å²) in [5.41, 5.74) is 1.72. The number of nitrogens with zero attached hydrogens (tertiary/aromatic N) is 6. The molecule has 4 heterocycles. The smallest absolute Gasteiger partial charge is 0.164 e. The summed E-state index contributed by atoms with van der Waals surface area (Å²) in [7, 11) is 1.88. The summed E-state index contributed by atoms with van der Waals surface area (Å²) < 4.78 is 1.76. The molecule has 0 aliphatic carbocycles. The van der Waals surface area contributed by atoms with E-state index >= 15 is 0 Å². The molecule has 1 atom stereocenters. The second kappa shape index (κ2) is 7.98. The lowest BCUT2D eigenvalue weighted by atomic mass is 10.0. The maximum atomic E-state index is 9.59. The van der Waals surface area contributed by atoms with Gasteiger partial charge in [-0.2, -0.15) is 5.10 Å². The first kappa shape index (κ1) is 17.8. The monoisotopic (exact) mass is 367 g/mol. The van der Waals surface area contributed by atoms with Gasteiger partial charge in [-0.05, 0) is 31.5 Å². The Balaban J connectivity index is 1.55. The number of anilines is 1. The van der Waals surface area contributed by atoms with Gasteiger partial charge in [0.2, 0.25) is 0 Å². The van der Waals surface area contributed by atoms with Crippen molar-refractivity contribution in [1.82, 2.24) is 29.6 Å². The highest BCUT2D eigenvalue weighted by Crippen LogP contribution is 2.24. The number of rotatable bonds is 6. The van der Waals surface area contributed by atoms with Crippen LogP contribution in [-0.4, -0.2) is 67.0 Å². The summed E-state index contributed by atoms with van der Waals surface area (Å²) in [5.74, 6) is 1.44. The molecule has 1 unspecified atom stereocenters. The van der Waals surface area contributed by atoms with Gasteiger partial charge in [-0.3, -0.25) is 14.6 Å². The zero-order valence-corrected chi connectivity index (χ0v) is 15.5. The summed E-state index contributed by atoms with van der Waals surface area (Å²) in [6, 6.07) is 4.08. The van der Waals surface area contributed by atoms with Gasteiger partial charge in [0.05, 0.1) is 18.2 Å². The van der Waals surface area contributed by atoms with Crippen molar-refractivity contribution in [3.63, 3.8) is 0 Å². The van der Waals surface area contributed by atoms with Crippen LogP contribution in [0.5, 0.6) is 0 Å². The molecule has 3 aromatic rings. The number of pyridine rings is 1. The molecule has 2 N–H and O–H groups in total. The number of hydrogen-bond acceptors (Lipinski definition) is 7. The fourth-order valence-electron chi connectivity index (χ4n) is 3.67. The predicted octanol–water partition coefficient (Wildman–Crippen LogP) is 1.68. The predicted molar refractivity (Wildman–Crippen MR) is 104 cm³/mol. The zero-order chi connectivity index (χ0) is 18.6. The van der Waals surface area contributed by atoms with Gasteiger partial charge in [0.1, 0.15) is 5.82 Å². The van der Waals surface area contributed by atoms with Crippen LogP contribution in [0.3, 0.4) is 0 Å². The van der Waals surface area contributed by atoms with Gasteiger partial charge in [-0.15, -0.1) is 0 Å². The van der Waals surface area contributed by atoms with Crippen LogP contribution in [0, 0.1) is 0 Å². The molecule has 0 saturated carbocycles. The number of piperidine rings is 1. The average Bonchev–Trinajstić information content (AvgIpc) is 3.10. The molecular formula is C19H25N7O. The molecule has 0 radical (unpaired) electrons. The van der Waals surface area contributed by atoms with Crippen molar-refractivity contribution in [2.45, 2.75) is 25.3 Å². The third kappa shape index (κ3) is 3.77. The molecule has 0 spiro atoms. The van der Waals surface area contributed by atoms with Crippen molar-refractivity contribution in [2.24, 2.45) is 7.05 Å². The summed E-state index contributed by atoms with van der Waals surface area (Å²) >= 11 is 0. The highest BCUT2D eigenvalue weighted by molar-refractivity contribution is 5.88. The van der Waals surface area contributed by atoms with Crippen LogP contribution in [0.1, 0.15) is 19.3 Å². The van der Waals surface area contributed by atoms with E-state index in [0.29, 0.717) is 5.82 Å². The Labute approximate surface area is 158 Å². The second-order valence-electron chi connectivity index (χ2n) is 6.93. The number of aromatic nitrogens is 5. The van der Waals surface area contributed by atoms with Gasteiger partial charge in [0, 0.05) is 44.1 Å². The van der Waals surface area contributed by atoms with E-state index in [-0.39, 0.29) is 12.6 Å². The third-order valence-electron chi connectivity index (χ3n) is 5.18. The molecule has 0 amide bonds. The van der Waals surface area contributed by atoms with Gasteiger partial charge in [-0.25, -0.2) is 9.97 Å². The van der Waals surface area contributed by atoms with Gasteiger partial charge in [0.25, 0.3) is 0 Å². The first-order valence-electron chi connectivity index (χ1n) is 9.45. The lowest BCUT2D eigenvalue weighted by Gasteiger charge is -2.34. The minimum absolute atomic E-state index is 0.229. The Morgan fingerprint density at radius 1 is 1.22 bits per heavy atom. The number of aliphatic hydroxyl groups excluding tert-OH is 1. The van der Waals surface area contributed by atoms with E-state index in [2.05, 4.69) is 25.3 Å². The van der Waals surface area contributed by atoms with Crippen molar-refractivity contribution in [2.75, 3.05) is 31.6 Å². The van der Waals surface area contributed by atoms with Crippen LogP contribution in [0.25, 0.3) is 22.4 Å². The summed E-state index contributed by atoms with van der Waals surface area (Å²) in [4.78, 5) is 15.8. The van der Waals surface area contributed by atoms with E-state index in [9.17, 15) is 5.11 Å². The highest BCUT2D eigenvalue weighted by Gasteiger charge is 2.21. The van der Waals surface area contributed by atoms with E-state index in [1.165, 1.54) is 12.8 Å². The summed E-state index contributed by atoms with van der Waals surface area (Å²) in [6.07, 6.45) is 8.75. The molecule has 3 aromatic heterocycles. The van der Waals surface area contributed by atoms with Gasteiger partial charge in [0.15, 0.2) is 11.5 Å². The fraction of sp³-hybridized carbons (Fsp3) is 0.474. The summed E-state index contributed by atoms with van der Waals surface area (Å²) in [5, 5.41) is 18.3. The van der Waals surface area contributed by atoms with Crippen molar-refractivity contribution >= 4 is 16.9 Å². The number of nitrogens with one attached hydrogen (secondary N) is 1. The Kier molecular flexibility index (Phi) is 5.26. The Hall–Kier alpha value is -2.58. The quantitative estimate of drug-likeness (QED) is 0.685. The van der Waals surface area contributed by atoms with Gasteiger partial charge < -0.3 is 10.4 Å². The Morgan fingerprint density at radius 3 is 2.89 bits per heavy atom. The Bertz CT molecular complexity index is 896. The standard InChI is InChI=1S/C19H25N7O/c1-25-19-16(12-22-25)18(23-17(24-19)14-5-7-20-8-6-14)21-9-11-26-10-3-2-4-15(26)13-27/h5-8,12,15,27H,2-4,9-11,13H2,1H3,(H,21,23,24). The molecule has 1 aliphatic rings. The first-order chi connectivity index (χ1) is 13.3. The van der Waals surface area contributed by atoms with Crippen molar-refractivity contribution in [3.05, 3.63) is 30.7 Å². The Morgan fingerprint density at radius 2 is 2.07 bits per heavy atom. The minimum atomic E-state index is 0.229. The SMILES string of the molecule is Cn1ncc2c(NCCN3CCCCC3CO)nc(-c3ccncc3)nc21. The molecule has 0 bridgehead atoms. The third-order valence-corrected chi connectivity index (χ3v) is 5.18. The highest BCUT2D eigenvalue weighted by atomic mass is 16.3. The van der Waals surface area contributed by atoms with Crippen LogP contribution < -0.4 is 5.32 Å². The number of likely N-dealkylation sites (tertiary alicyclic amines) is 1. The van der Waals surface area contributed by atoms with Gasteiger partial charge in [-0.1, -0.05) is 6.42 Å². The fourth-order valence-corrected chi connectivity index (χ4v) is 3.67. The largest absolute Gasteiger partial charge is 0.395 e. The van der Waals surface area contributed by atoms with Crippen LogP contribution >= 0.6 is 0 Å². The number of aliphatic hydroxyl groups is 1. The van der Waals surface area contributed by atoms with Crippen LogP contribution in [0.2, 0.25) is 0 Å². The molecule has 4 rings (SSSR count). The molecular weight excluding hydrogens is 342 g/mol. The number of fused-ring (bicyclic) bond motifs is 1. The molecule has 8 nitrogen and oxygen atoms in total. The number of aryl methyl sites for hydroxylation is 1. The zero-order valence-electron chi connectivity index (χ0n) is 15.5. The van der Waals surface area contributed by atoms with E-state index in [4.69, 9.17) is 4.98 Å². The molecule has 27 heavy (non-hydrogen) atoms. The summed E-state index contributed by atoms with van der Waals surface area (Å²) in [6.45, 7) is 2.91.